The molecule has 0 aliphatic heterocycles. The average Bonchev–Trinajstić information content (AvgIpc) is 2.92. The van der Waals surface area contributed by atoms with E-state index in [-0.39, 0.29) is 11.9 Å². The molecule has 1 aromatic carbocycles. The van der Waals surface area contributed by atoms with Crippen molar-refractivity contribution in [2.45, 2.75) is 45.7 Å². The zero-order valence-electron chi connectivity index (χ0n) is 17.0. The summed E-state index contributed by atoms with van der Waals surface area (Å²) in [6.07, 6.45) is 1.46. The maximum Gasteiger partial charge on any atom is 0.220 e. The summed E-state index contributed by atoms with van der Waals surface area (Å²) in [4.78, 5) is 14.5. The minimum absolute atomic E-state index is 0.00229. The molecule has 0 fully saturated rings. The van der Waals surface area contributed by atoms with Crippen LogP contribution < -0.4 is 5.32 Å². The molecule has 0 spiro atoms. The fourth-order valence-corrected chi connectivity index (χ4v) is 3.58. The first-order valence-corrected chi connectivity index (χ1v) is 9.80. The molecular formula is C21H28ClN5O. The van der Waals surface area contributed by atoms with E-state index in [0.717, 1.165) is 22.5 Å². The Balaban J connectivity index is 1.95. The Morgan fingerprint density at radius 2 is 2.07 bits per heavy atom. The predicted octanol–water partition coefficient (Wildman–Crippen LogP) is 3.42. The van der Waals surface area contributed by atoms with Gasteiger partial charge < -0.3 is 10.2 Å². The van der Waals surface area contributed by atoms with Gasteiger partial charge in [-0.05, 0) is 51.6 Å². The Bertz CT molecular complexity index is 853. The molecular weight excluding hydrogens is 374 g/mol. The molecule has 0 radical (unpaired) electrons. The Labute approximate surface area is 172 Å². The van der Waals surface area contributed by atoms with Crippen LogP contribution in [-0.4, -0.2) is 41.2 Å². The molecule has 1 unspecified atom stereocenters. The molecule has 1 atom stereocenters. The van der Waals surface area contributed by atoms with Gasteiger partial charge >= 0.3 is 0 Å². The van der Waals surface area contributed by atoms with Crippen LogP contribution in [0.1, 0.15) is 41.4 Å². The van der Waals surface area contributed by atoms with Gasteiger partial charge in [-0.3, -0.25) is 9.48 Å². The second kappa shape index (κ2) is 10.3. The number of likely N-dealkylation sites (N-methyl/N-ethyl adjacent to an activating group) is 1. The van der Waals surface area contributed by atoms with E-state index in [0.29, 0.717) is 37.4 Å². The molecule has 6 nitrogen and oxygen atoms in total. The molecule has 2 aromatic rings. The zero-order chi connectivity index (χ0) is 20.7. The number of nitrogens with one attached hydrogen (secondary N) is 1. The lowest BCUT2D eigenvalue weighted by Gasteiger charge is -2.26. The van der Waals surface area contributed by atoms with Crippen LogP contribution in [0.25, 0.3) is 0 Å². The molecule has 1 N–H and O–H groups in total. The van der Waals surface area contributed by atoms with E-state index in [1.54, 1.807) is 0 Å². The van der Waals surface area contributed by atoms with Crippen molar-refractivity contribution in [3.8, 4) is 6.07 Å². The van der Waals surface area contributed by atoms with Crippen molar-refractivity contribution in [2.24, 2.45) is 0 Å². The number of nitriles is 1. The lowest BCUT2D eigenvalue weighted by Crippen LogP contribution is -2.34. The first kappa shape index (κ1) is 21.9. The number of carbonyl (C=O) groups is 1. The van der Waals surface area contributed by atoms with Crippen LogP contribution in [0.4, 0.5) is 0 Å². The van der Waals surface area contributed by atoms with Gasteiger partial charge in [-0.15, -0.1) is 0 Å². The Morgan fingerprint density at radius 3 is 2.71 bits per heavy atom. The third-order valence-electron chi connectivity index (χ3n) is 4.95. The van der Waals surface area contributed by atoms with Gasteiger partial charge in [-0.1, -0.05) is 29.8 Å². The summed E-state index contributed by atoms with van der Waals surface area (Å²) in [7, 11) is 3.95. The number of benzene rings is 1. The molecule has 0 aliphatic rings. The number of amides is 1. The number of nitrogens with zero attached hydrogens (tertiary/aromatic N) is 4. The van der Waals surface area contributed by atoms with Gasteiger partial charge in [0.15, 0.2) is 0 Å². The molecule has 2 rings (SSSR count). The molecule has 1 heterocycles. The number of hydrogen-bond donors (Lipinski definition) is 1. The van der Waals surface area contributed by atoms with Gasteiger partial charge in [0.2, 0.25) is 5.91 Å². The number of aryl methyl sites for hydroxylation is 2. The van der Waals surface area contributed by atoms with Crippen molar-refractivity contribution in [1.29, 1.82) is 5.26 Å². The van der Waals surface area contributed by atoms with Crippen molar-refractivity contribution in [2.75, 3.05) is 20.6 Å². The van der Waals surface area contributed by atoms with E-state index in [9.17, 15) is 4.79 Å². The van der Waals surface area contributed by atoms with E-state index >= 15 is 0 Å². The van der Waals surface area contributed by atoms with Gasteiger partial charge in [-0.25, -0.2) is 0 Å². The highest BCUT2D eigenvalue weighted by atomic mass is 35.5. The van der Waals surface area contributed by atoms with Crippen LogP contribution >= 0.6 is 11.6 Å². The molecule has 0 saturated carbocycles. The molecule has 7 heteroatoms. The number of aromatic nitrogens is 2. The van der Waals surface area contributed by atoms with E-state index in [1.807, 2.05) is 56.9 Å². The predicted molar refractivity (Wildman–Crippen MR) is 111 cm³/mol. The minimum Gasteiger partial charge on any atom is -0.354 e. The smallest absolute Gasteiger partial charge is 0.220 e. The van der Waals surface area contributed by atoms with Crippen molar-refractivity contribution < 1.29 is 4.79 Å². The minimum atomic E-state index is 0.00229. The molecule has 1 amide bonds. The lowest BCUT2D eigenvalue weighted by molar-refractivity contribution is -0.121. The SMILES string of the molecule is Cc1nn(CCC#N)c(C)c1CCC(=O)NCC(c1ccccc1Cl)N(C)C. The van der Waals surface area contributed by atoms with Crippen molar-refractivity contribution >= 4 is 17.5 Å². The zero-order valence-corrected chi connectivity index (χ0v) is 17.8. The van der Waals surface area contributed by atoms with Gasteiger partial charge in [0.05, 0.1) is 30.8 Å². The molecule has 150 valence electrons. The third kappa shape index (κ3) is 5.57. The fraction of sp³-hybridized carbons (Fsp3) is 0.476. The van der Waals surface area contributed by atoms with Crippen LogP contribution in [0.15, 0.2) is 24.3 Å². The van der Waals surface area contributed by atoms with Crippen LogP contribution in [-0.2, 0) is 17.8 Å². The fourth-order valence-electron chi connectivity index (χ4n) is 3.32. The summed E-state index contributed by atoms with van der Waals surface area (Å²) in [6, 6.07) is 9.86. The average molecular weight is 402 g/mol. The highest BCUT2D eigenvalue weighted by Crippen LogP contribution is 2.25. The van der Waals surface area contributed by atoms with Gasteiger partial charge in [0.25, 0.3) is 0 Å². The second-order valence-electron chi connectivity index (χ2n) is 7.09. The summed E-state index contributed by atoms with van der Waals surface area (Å²) in [6.45, 7) is 5.01. The van der Waals surface area contributed by atoms with Crippen LogP contribution in [0.3, 0.4) is 0 Å². The van der Waals surface area contributed by atoms with Crippen molar-refractivity contribution in [1.82, 2.24) is 20.0 Å². The lowest BCUT2D eigenvalue weighted by atomic mass is 10.1. The Hall–Kier alpha value is -2.36. The summed E-state index contributed by atoms with van der Waals surface area (Å²) < 4.78 is 1.85. The van der Waals surface area contributed by atoms with Crippen LogP contribution in [0, 0.1) is 25.2 Å². The van der Waals surface area contributed by atoms with E-state index in [1.165, 1.54) is 0 Å². The molecule has 0 saturated heterocycles. The van der Waals surface area contributed by atoms with Crippen LogP contribution in [0.2, 0.25) is 5.02 Å². The van der Waals surface area contributed by atoms with Gasteiger partial charge in [0.1, 0.15) is 0 Å². The maximum atomic E-state index is 12.4. The highest BCUT2D eigenvalue weighted by molar-refractivity contribution is 6.31. The summed E-state index contributed by atoms with van der Waals surface area (Å²) in [5.74, 6) is 0.00229. The van der Waals surface area contributed by atoms with Crippen LogP contribution in [0.5, 0.6) is 0 Å². The summed E-state index contributed by atoms with van der Waals surface area (Å²) in [5.41, 5.74) is 4.04. The first-order valence-electron chi connectivity index (χ1n) is 9.42. The standard InChI is InChI=1S/C21H28ClN5O/c1-15-17(16(2)27(25-15)13-7-12-23)10-11-21(28)24-14-20(26(3)4)18-8-5-6-9-19(18)22/h5-6,8-9,20H,7,10-11,13-14H2,1-4H3,(H,24,28). The first-order chi connectivity index (χ1) is 13.3. The normalized spacial score (nSPS) is 12.0. The Kier molecular flexibility index (Phi) is 8.04. The monoisotopic (exact) mass is 401 g/mol. The molecule has 28 heavy (non-hydrogen) atoms. The quantitative estimate of drug-likeness (QED) is 0.698. The number of hydrogen-bond acceptors (Lipinski definition) is 4. The van der Waals surface area contributed by atoms with E-state index in [2.05, 4.69) is 21.4 Å². The third-order valence-corrected chi connectivity index (χ3v) is 5.29. The molecule has 0 bridgehead atoms. The van der Waals surface area contributed by atoms with E-state index in [4.69, 9.17) is 16.9 Å². The van der Waals surface area contributed by atoms with E-state index < -0.39 is 0 Å². The number of halogens is 1. The molecule has 1 aromatic heterocycles. The van der Waals surface area contributed by atoms with Crippen molar-refractivity contribution in [3.05, 3.63) is 51.8 Å². The summed E-state index contributed by atoms with van der Waals surface area (Å²) >= 11 is 6.32. The van der Waals surface area contributed by atoms with Gasteiger partial charge in [-0.2, -0.15) is 10.4 Å². The highest BCUT2D eigenvalue weighted by Gasteiger charge is 2.18. The van der Waals surface area contributed by atoms with Crippen molar-refractivity contribution in [3.63, 3.8) is 0 Å². The maximum absolute atomic E-state index is 12.4. The molecule has 0 aliphatic carbocycles. The van der Waals surface area contributed by atoms with Gasteiger partial charge in [0, 0.05) is 23.7 Å². The Morgan fingerprint density at radius 1 is 1.36 bits per heavy atom. The topological polar surface area (TPSA) is 73.9 Å². The number of carbonyl (C=O) groups excluding carboxylic acids is 1. The largest absolute Gasteiger partial charge is 0.354 e. The second-order valence-corrected chi connectivity index (χ2v) is 7.49. The summed E-state index contributed by atoms with van der Waals surface area (Å²) in [5, 5.41) is 17.0. The number of rotatable bonds is 9.